The number of aromatic amines is 1. The Kier molecular flexibility index (Phi) is 5.36. The van der Waals surface area contributed by atoms with Crippen LogP contribution in [0.3, 0.4) is 0 Å². The molecule has 2 heterocycles. The molecule has 4 rings (SSSR count). The fourth-order valence-corrected chi connectivity index (χ4v) is 3.70. The summed E-state index contributed by atoms with van der Waals surface area (Å²) in [6, 6.07) is 12.3. The molecule has 0 saturated heterocycles. The van der Waals surface area contributed by atoms with Crippen LogP contribution in [0.2, 0.25) is 5.15 Å². The van der Waals surface area contributed by atoms with E-state index >= 15 is 0 Å². The van der Waals surface area contributed by atoms with Gasteiger partial charge in [0.25, 0.3) is 0 Å². The Labute approximate surface area is 167 Å². The topological polar surface area (TPSA) is 92.5 Å². The smallest absolute Gasteiger partial charge is 0.205 e. The third-order valence-electron chi connectivity index (χ3n) is 4.88. The average molecular weight is 397 g/mol. The van der Waals surface area contributed by atoms with Gasteiger partial charge in [-0.3, -0.25) is 0 Å². The van der Waals surface area contributed by atoms with Crippen molar-refractivity contribution in [2.75, 3.05) is 0 Å². The van der Waals surface area contributed by atoms with Gasteiger partial charge in [0.05, 0.1) is 12.3 Å². The molecule has 0 fully saturated rings. The van der Waals surface area contributed by atoms with Crippen molar-refractivity contribution in [3.8, 4) is 11.4 Å². The molecular formula is C20H21ClN6O. The van der Waals surface area contributed by atoms with Gasteiger partial charge in [0.2, 0.25) is 5.82 Å². The van der Waals surface area contributed by atoms with Crippen LogP contribution in [0.5, 0.6) is 0 Å². The number of halogens is 1. The highest BCUT2D eigenvalue weighted by molar-refractivity contribution is 6.30. The summed E-state index contributed by atoms with van der Waals surface area (Å²) >= 11 is 6.26. The van der Waals surface area contributed by atoms with Gasteiger partial charge >= 0.3 is 0 Å². The molecule has 4 aromatic rings. The molecular weight excluding hydrogens is 376 g/mol. The van der Waals surface area contributed by atoms with Crippen molar-refractivity contribution in [2.24, 2.45) is 0 Å². The van der Waals surface area contributed by atoms with Gasteiger partial charge in [0, 0.05) is 18.5 Å². The average Bonchev–Trinajstić information content (AvgIpc) is 3.34. The molecule has 0 amide bonds. The highest BCUT2D eigenvalue weighted by Gasteiger charge is 2.16. The molecule has 0 unspecified atom stereocenters. The maximum Gasteiger partial charge on any atom is 0.205 e. The van der Waals surface area contributed by atoms with Gasteiger partial charge in [-0.15, -0.1) is 10.2 Å². The first-order chi connectivity index (χ1) is 13.7. The lowest BCUT2D eigenvalue weighted by Gasteiger charge is -2.12. The van der Waals surface area contributed by atoms with Crippen molar-refractivity contribution in [2.45, 2.75) is 39.3 Å². The number of aliphatic hydroxyl groups is 1. The Bertz CT molecular complexity index is 1090. The van der Waals surface area contributed by atoms with Crippen LogP contribution in [0.25, 0.3) is 22.2 Å². The zero-order valence-corrected chi connectivity index (χ0v) is 16.3. The summed E-state index contributed by atoms with van der Waals surface area (Å²) < 4.78 is 2.02. The minimum absolute atomic E-state index is 0.139. The van der Waals surface area contributed by atoms with Crippen LogP contribution in [-0.2, 0) is 19.6 Å². The van der Waals surface area contributed by atoms with Gasteiger partial charge in [0.1, 0.15) is 5.82 Å². The number of unbranched alkanes of at least 4 members (excludes halogenated alkanes) is 1. The Hall–Kier alpha value is -2.77. The van der Waals surface area contributed by atoms with Crippen molar-refractivity contribution in [3.63, 3.8) is 0 Å². The van der Waals surface area contributed by atoms with Crippen LogP contribution in [-0.4, -0.2) is 35.3 Å². The number of aliphatic hydroxyl groups excluding tert-OH is 1. The second-order valence-corrected chi connectivity index (χ2v) is 7.07. The quantitative estimate of drug-likeness (QED) is 0.496. The first-order valence-corrected chi connectivity index (χ1v) is 9.69. The summed E-state index contributed by atoms with van der Waals surface area (Å²) in [7, 11) is 0. The van der Waals surface area contributed by atoms with E-state index in [2.05, 4.69) is 56.8 Å². The van der Waals surface area contributed by atoms with E-state index in [9.17, 15) is 5.11 Å². The molecule has 8 heteroatoms. The molecule has 0 atom stereocenters. The number of fused-ring (bicyclic) bond motifs is 1. The minimum Gasteiger partial charge on any atom is -0.390 e. The highest BCUT2D eigenvalue weighted by atomic mass is 35.5. The zero-order valence-electron chi connectivity index (χ0n) is 15.6. The van der Waals surface area contributed by atoms with Gasteiger partial charge in [-0.05, 0) is 34.0 Å². The molecule has 2 aromatic heterocycles. The van der Waals surface area contributed by atoms with E-state index in [0.717, 1.165) is 47.0 Å². The molecule has 0 spiro atoms. The number of benzene rings is 2. The second kappa shape index (κ2) is 8.08. The fraction of sp³-hybridized carbons (Fsp3) is 0.300. The standard InChI is InChI=1S/C20H21ClN6O/c1-2-3-7-18-22-19(21)17(12-28)27(18)11-13-8-9-14-5-4-6-15(16(14)10-13)20-23-25-26-24-20/h4-6,8-10,28H,2-3,7,11-12H2,1H3,(H,23,24,25,26). The van der Waals surface area contributed by atoms with Crippen LogP contribution >= 0.6 is 11.6 Å². The van der Waals surface area contributed by atoms with Gasteiger partial charge in [-0.25, -0.2) is 4.98 Å². The molecule has 28 heavy (non-hydrogen) atoms. The van der Waals surface area contributed by atoms with Gasteiger partial charge < -0.3 is 9.67 Å². The van der Waals surface area contributed by atoms with E-state index in [1.807, 2.05) is 16.7 Å². The van der Waals surface area contributed by atoms with Crippen molar-refractivity contribution >= 4 is 22.4 Å². The number of rotatable bonds is 7. The lowest BCUT2D eigenvalue weighted by Crippen LogP contribution is -2.09. The molecule has 2 aromatic carbocycles. The molecule has 0 radical (unpaired) electrons. The lowest BCUT2D eigenvalue weighted by atomic mass is 10.0. The van der Waals surface area contributed by atoms with E-state index in [0.29, 0.717) is 23.2 Å². The zero-order chi connectivity index (χ0) is 19.5. The number of aryl methyl sites for hydroxylation is 1. The number of H-pyrrole nitrogens is 1. The van der Waals surface area contributed by atoms with E-state index < -0.39 is 0 Å². The lowest BCUT2D eigenvalue weighted by molar-refractivity contribution is 0.271. The third-order valence-corrected chi connectivity index (χ3v) is 5.18. The molecule has 2 N–H and O–H groups in total. The SMILES string of the molecule is CCCCc1nc(Cl)c(CO)n1Cc1ccc2cccc(-c3nn[nH]n3)c2c1. The number of imidazole rings is 1. The molecule has 144 valence electrons. The van der Waals surface area contributed by atoms with Crippen LogP contribution in [0.4, 0.5) is 0 Å². The van der Waals surface area contributed by atoms with Gasteiger partial charge in [-0.2, -0.15) is 5.21 Å². The molecule has 0 bridgehead atoms. The summed E-state index contributed by atoms with van der Waals surface area (Å²) in [5.74, 6) is 1.47. The van der Waals surface area contributed by atoms with E-state index in [4.69, 9.17) is 11.6 Å². The molecule has 0 aliphatic carbocycles. The Morgan fingerprint density at radius 1 is 1.21 bits per heavy atom. The normalized spacial score (nSPS) is 11.4. The minimum atomic E-state index is -0.139. The van der Waals surface area contributed by atoms with Crippen LogP contribution in [0, 0.1) is 0 Å². The van der Waals surface area contributed by atoms with Crippen LogP contribution in [0.1, 0.15) is 36.8 Å². The number of hydrogen-bond acceptors (Lipinski definition) is 5. The van der Waals surface area contributed by atoms with Crippen molar-refractivity contribution < 1.29 is 5.11 Å². The summed E-state index contributed by atoms with van der Waals surface area (Å²) in [5, 5.41) is 26.7. The number of aromatic nitrogens is 6. The summed E-state index contributed by atoms with van der Waals surface area (Å²) in [6.45, 7) is 2.59. The fourth-order valence-electron chi connectivity index (χ4n) is 3.44. The van der Waals surface area contributed by atoms with E-state index in [1.165, 1.54) is 0 Å². The van der Waals surface area contributed by atoms with Crippen LogP contribution < -0.4 is 0 Å². The maximum absolute atomic E-state index is 9.78. The summed E-state index contributed by atoms with van der Waals surface area (Å²) in [5.41, 5.74) is 2.66. The van der Waals surface area contributed by atoms with Crippen molar-refractivity contribution in [1.82, 2.24) is 30.2 Å². The molecule has 0 saturated carbocycles. The third kappa shape index (κ3) is 3.50. The largest absolute Gasteiger partial charge is 0.390 e. The Morgan fingerprint density at radius 2 is 2.11 bits per heavy atom. The summed E-state index contributed by atoms with van der Waals surface area (Å²) in [4.78, 5) is 4.47. The number of tetrazole rings is 1. The first kappa shape index (κ1) is 18.6. The second-order valence-electron chi connectivity index (χ2n) is 6.71. The first-order valence-electron chi connectivity index (χ1n) is 9.31. The summed E-state index contributed by atoms with van der Waals surface area (Å²) in [6.07, 6.45) is 2.93. The highest BCUT2D eigenvalue weighted by Crippen LogP contribution is 2.28. The predicted molar refractivity (Wildman–Crippen MR) is 108 cm³/mol. The maximum atomic E-state index is 9.78. The van der Waals surface area contributed by atoms with Crippen molar-refractivity contribution in [1.29, 1.82) is 0 Å². The molecule has 7 nitrogen and oxygen atoms in total. The van der Waals surface area contributed by atoms with E-state index in [1.54, 1.807) is 0 Å². The van der Waals surface area contributed by atoms with Crippen molar-refractivity contribution in [3.05, 3.63) is 58.6 Å². The van der Waals surface area contributed by atoms with Gasteiger partial charge in [0.15, 0.2) is 5.15 Å². The number of nitrogens with zero attached hydrogens (tertiary/aromatic N) is 5. The molecule has 0 aliphatic heterocycles. The van der Waals surface area contributed by atoms with Crippen LogP contribution in [0.15, 0.2) is 36.4 Å². The monoisotopic (exact) mass is 396 g/mol. The Balaban J connectivity index is 1.76. The number of nitrogens with one attached hydrogen (secondary N) is 1. The predicted octanol–water partition coefficient (Wildman–Crippen LogP) is 3.75. The number of hydrogen-bond donors (Lipinski definition) is 2. The molecule has 0 aliphatic rings. The van der Waals surface area contributed by atoms with Gasteiger partial charge in [-0.1, -0.05) is 55.3 Å². The van der Waals surface area contributed by atoms with E-state index in [-0.39, 0.29) is 6.61 Å². The Morgan fingerprint density at radius 3 is 2.86 bits per heavy atom.